The minimum atomic E-state index is -1.48. The van der Waals surface area contributed by atoms with Gasteiger partial charge in [0.1, 0.15) is 41.3 Å². The summed E-state index contributed by atoms with van der Waals surface area (Å²) in [5.74, 6) is -2.56. The first kappa shape index (κ1) is 25.0. The van der Waals surface area contributed by atoms with Gasteiger partial charge in [-0.05, 0) is 24.6 Å². The maximum atomic E-state index is 13.0. The fourth-order valence-electron chi connectivity index (χ4n) is 4.12. The molecule has 3 aromatic rings. The van der Waals surface area contributed by atoms with Gasteiger partial charge in [-0.3, -0.25) is 14.5 Å². The number of pyridine rings is 1. The molecule has 2 atom stereocenters. The molecule has 2 aliphatic heterocycles. The van der Waals surface area contributed by atoms with Crippen molar-refractivity contribution in [2.45, 2.75) is 24.9 Å². The summed E-state index contributed by atoms with van der Waals surface area (Å²) < 4.78 is 3.41. The van der Waals surface area contributed by atoms with Crippen molar-refractivity contribution in [2.24, 2.45) is 5.16 Å². The van der Waals surface area contributed by atoms with Crippen molar-refractivity contribution in [1.82, 2.24) is 25.1 Å². The highest BCUT2D eigenvalue weighted by atomic mass is 35.5. The number of oxime groups is 1. The number of rotatable bonds is 7. The lowest BCUT2D eigenvalue weighted by Gasteiger charge is -2.50. The molecule has 192 valence electrons. The number of amides is 2. The number of nitrogen functional groups attached to an aromatic ring is 1. The molecule has 0 aliphatic carbocycles. The van der Waals surface area contributed by atoms with Gasteiger partial charge in [-0.1, -0.05) is 28.1 Å². The number of aryl methyl sites for hydroxylation is 1. The number of anilines is 1. The fourth-order valence-corrected chi connectivity index (χ4v) is 6.39. The first-order valence-electron chi connectivity index (χ1n) is 10.8. The average Bonchev–Trinajstić information content (AvgIpc) is 3.40. The highest BCUT2D eigenvalue weighted by Crippen LogP contribution is 2.40. The van der Waals surface area contributed by atoms with E-state index >= 15 is 0 Å². The summed E-state index contributed by atoms with van der Waals surface area (Å²) in [6, 6.07) is 2.85. The second-order valence-electron chi connectivity index (χ2n) is 8.19. The number of hydrogen-bond acceptors (Lipinski definition) is 11. The third-order valence-corrected chi connectivity index (χ3v) is 8.14. The minimum Gasteiger partial charge on any atom is -0.543 e. The van der Waals surface area contributed by atoms with Crippen LogP contribution in [-0.2, 0) is 25.8 Å². The van der Waals surface area contributed by atoms with Gasteiger partial charge in [0.25, 0.3) is 11.8 Å². The van der Waals surface area contributed by atoms with E-state index in [9.17, 15) is 19.5 Å². The number of aliphatic carboxylic acids is 1. The molecule has 5 rings (SSSR count). The number of β-lactam (4-membered cyclic amide) rings is 1. The van der Waals surface area contributed by atoms with Crippen LogP contribution in [0.2, 0.25) is 4.34 Å². The summed E-state index contributed by atoms with van der Waals surface area (Å²) in [6.45, 7) is 2.11. The summed E-state index contributed by atoms with van der Waals surface area (Å²) in [6.07, 6.45) is 3.60. The molecule has 13 nitrogen and oxygen atoms in total. The molecule has 2 aliphatic rings. The van der Waals surface area contributed by atoms with Crippen LogP contribution >= 0.6 is 34.7 Å². The Kier molecular flexibility index (Phi) is 6.51. The summed E-state index contributed by atoms with van der Waals surface area (Å²) >= 11 is 8.38. The Labute approximate surface area is 222 Å². The Hall–Kier alpha value is -3.69. The highest BCUT2D eigenvalue weighted by molar-refractivity contribution is 8.00. The van der Waals surface area contributed by atoms with Crippen molar-refractivity contribution < 1.29 is 28.8 Å². The van der Waals surface area contributed by atoms with Crippen molar-refractivity contribution in [3.05, 3.63) is 51.4 Å². The van der Waals surface area contributed by atoms with Crippen molar-refractivity contribution in [2.75, 3.05) is 18.6 Å². The van der Waals surface area contributed by atoms with E-state index in [1.165, 1.54) is 18.9 Å². The Bertz CT molecular complexity index is 1520. The molecule has 2 amide bonds. The first-order chi connectivity index (χ1) is 17.7. The minimum absolute atomic E-state index is 0.0146. The van der Waals surface area contributed by atoms with E-state index in [2.05, 4.69) is 20.7 Å². The van der Waals surface area contributed by atoms with E-state index in [1.54, 1.807) is 21.6 Å². The summed E-state index contributed by atoms with van der Waals surface area (Å²) in [5, 5.41) is 22.2. The lowest BCUT2D eigenvalue weighted by atomic mass is 10.0. The molecule has 0 spiro atoms. The van der Waals surface area contributed by atoms with Gasteiger partial charge in [0.05, 0.1) is 16.9 Å². The summed E-state index contributed by atoms with van der Waals surface area (Å²) in [7, 11) is 1.24. The lowest BCUT2D eigenvalue weighted by molar-refractivity contribution is -0.584. The number of carbonyl (C=O) groups is 3. The number of carboxylic acids is 1. The van der Waals surface area contributed by atoms with Gasteiger partial charge in [-0.2, -0.15) is 0 Å². The van der Waals surface area contributed by atoms with E-state index in [4.69, 9.17) is 22.2 Å². The number of fused-ring (bicyclic) bond motifs is 2. The number of nitrogens with one attached hydrogen (secondary N) is 1. The monoisotopic (exact) mass is 562 g/mol. The van der Waals surface area contributed by atoms with Gasteiger partial charge in [0.15, 0.2) is 22.6 Å². The Balaban J connectivity index is 1.37. The molecule has 0 unspecified atom stereocenters. The summed E-state index contributed by atoms with van der Waals surface area (Å²) in [5.41, 5.74) is 7.56. The third kappa shape index (κ3) is 4.49. The van der Waals surface area contributed by atoms with E-state index in [0.717, 1.165) is 27.3 Å². The van der Waals surface area contributed by atoms with Gasteiger partial charge in [-0.15, -0.1) is 21.0 Å². The number of nitrogens with zero attached hydrogens (tertiary/aromatic N) is 6. The lowest BCUT2D eigenvalue weighted by Crippen LogP contribution is -2.71. The zero-order valence-electron chi connectivity index (χ0n) is 19.4. The van der Waals surface area contributed by atoms with Crippen LogP contribution in [0, 0.1) is 6.92 Å². The smallest absolute Gasteiger partial charge is 0.276 e. The molecule has 1 saturated heterocycles. The maximum absolute atomic E-state index is 13.0. The van der Waals surface area contributed by atoms with Crippen molar-refractivity contribution in [3.63, 3.8) is 0 Å². The number of thioether (sulfide) groups is 1. The molecule has 0 aromatic carbocycles. The van der Waals surface area contributed by atoms with E-state index in [0.29, 0.717) is 5.57 Å². The van der Waals surface area contributed by atoms with Crippen LogP contribution in [-0.4, -0.2) is 67.6 Å². The molecule has 0 bridgehead atoms. The number of hydrogen-bond donors (Lipinski definition) is 2. The molecule has 0 saturated carbocycles. The van der Waals surface area contributed by atoms with Gasteiger partial charge in [0.2, 0.25) is 0 Å². The SMILES string of the molecule is CO/N=C(\C(=O)N[C@@H]1C(=O)N2C(C(=O)[O-])=C(Cn3cc4cc(C)cc[n+]4n3)CS[C@H]12)c1nc(N)sc1Cl. The number of halogens is 1. The van der Waals surface area contributed by atoms with Gasteiger partial charge in [-0.25, -0.2) is 4.98 Å². The summed E-state index contributed by atoms with van der Waals surface area (Å²) in [4.78, 5) is 47.9. The molecule has 3 aromatic heterocycles. The Morgan fingerprint density at radius 1 is 1.46 bits per heavy atom. The molecule has 3 N–H and O–H groups in total. The molecule has 5 heterocycles. The topological polar surface area (TPSA) is 172 Å². The normalized spacial score (nSPS) is 19.6. The molecule has 16 heteroatoms. The van der Waals surface area contributed by atoms with Gasteiger partial charge < -0.3 is 25.8 Å². The third-order valence-electron chi connectivity index (χ3n) is 5.72. The molecular weight excluding hydrogens is 544 g/mol. The number of carbonyl (C=O) groups excluding carboxylic acids is 3. The predicted octanol–water partition coefficient (Wildman–Crippen LogP) is -0.923. The second-order valence-corrected chi connectivity index (χ2v) is 10.9. The van der Waals surface area contributed by atoms with Crippen LogP contribution in [0.4, 0.5) is 5.13 Å². The van der Waals surface area contributed by atoms with Gasteiger partial charge in [0, 0.05) is 11.3 Å². The van der Waals surface area contributed by atoms with Crippen LogP contribution in [0.1, 0.15) is 11.3 Å². The van der Waals surface area contributed by atoms with Crippen LogP contribution in [0.25, 0.3) is 5.52 Å². The standard InChI is InChI=1S/C21H19ClN8O5S2/c1-9-3-4-29-11(5-9)7-28(27-29)6-10-8-36-19-14(18(32)30(19)15(10)20(33)34)24-17(31)13(26-35-2)12-16(22)37-21(23)25-12/h3-5,7,14,19H,6,8H2,1-2H3,(H3-,23,24,25,31,33,34)/b26-13-/t14-,19-/m1/s1. The zero-order chi connectivity index (χ0) is 26.4. The van der Waals surface area contributed by atoms with Crippen LogP contribution in [0.3, 0.4) is 0 Å². The largest absolute Gasteiger partial charge is 0.543 e. The van der Waals surface area contributed by atoms with E-state index < -0.39 is 29.2 Å². The quantitative estimate of drug-likeness (QED) is 0.160. The van der Waals surface area contributed by atoms with Crippen molar-refractivity contribution in [3.8, 4) is 0 Å². The van der Waals surface area contributed by atoms with E-state index in [-0.39, 0.29) is 38.9 Å². The number of carboxylic acid groups (broad SMARTS) is 1. The number of aromatic nitrogens is 4. The Morgan fingerprint density at radius 3 is 2.92 bits per heavy atom. The van der Waals surface area contributed by atoms with Crippen molar-refractivity contribution >= 4 is 68.8 Å². The number of thiazole rings is 1. The molecular formula is C21H19ClN8O5S2. The first-order valence-corrected chi connectivity index (χ1v) is 13.0. The fraction of sp³-hybridized carbons (Fsp3) is 0.286. The number of nitrogens with two attached hydrogens (primary N) is 1. The zero-order valence-corrected chi connectivity index (χ0v) is 21.8. The Morgan fingerprint density at radius 2 is 2.24 bits per heavy atom. The predicted molar refractivity (Wildman–Crippen MR) is 132 cm³/mol. The molecule has 1 fully saturated rings. The molecule has 37 heavy (non-hydrogen) atoms. The highest BCUT2D eigenvalue weighted by Gasteiger charge is 2.53. The van der Waals surface area contributed by atoms with Crippen molar-refractivity contribution in [1.29, 1.82) is 0 Å². The second kappa shape index (κ2) is 9.64. The maximum Gasteiger partial charge on any atom is 0.276 e. The van der Waals surface area contributed by atoms with Crippen LogP contribution < -0.4 is 20.7 Å². The van der Waals surface area contributed by atoms with Crippen LogP contribution in [0.15, 0.2) is 41.0 Å². The van der Waals surface area contributed by atoms with E-state index in [1.807, 2.05) is 19.1 Å². The molecule has 0 radical (unpaired) electrons. The average molecular weight is 563 g/mol. The van der Waals surface area contributed by atoms with Crippen LogP contribution in [0.5, 0.6) is 0 Å². The van der Waals surface area contributed by atoms with Gasteiger partial charge >= 0.3 is 0 Å².